The van der Waals surface area contributed by atoms with Crippen molar-refractivity contribution >= 4 is 21.7 Å². The van der Waals surface area contributed by atoms with Crippen LogP contribution in [0.25, 0.3) is 0 Å². The summed E-state index contributed by atoms with van der Waals surface area (Å²) in [6.07, 6.45) is 3.70. The zero-order valence-electron chi connectivity index (χ0n) is 12.2. The summed E-state index contributed by atoms with van der Waals surface area (Å²) in [5, 5.41) is 0. The van der Waals surface area contributed by atoms with Crippen LogP contribution >= 0.6 is 0 Å². The molecule has 6 nitrogen and oxygen atoms in total. The second kappa shape index (κ2) is 5.35. The van der Waals surface area contributed by atoms with Gasteiger partial charge < -0.3 is 9.80 Å². The van der Waals surface area contributed by atoms with Crippen molar-refractivity contribution in [1.29, 1.82) is 0 Å². The molecule has 2 heterocycles. The normalized spacial score (nSPS) is 29.4. The van der Waals surface area contributed by atoms with Crippen LogP contribution in [0.15, 0.2) is 0 Å². The van der Waals surface area contributed by atoms with E-state index in [-0.39, 0.29) is 17.6 Å². The van der Waals surface area contributed by atoms with E-state index in [2.05, 4.69) is 0 Å². The number of fused-ring (bicyclic) bond motifs is 1. The van der Waals surface area contributed by atoms with Gasteiger partial charge in [-0.25, -0.2) is 8.42 Å². The fraction of sp³-hybridized carbons (Fsp3) is 0.846. The predicted molar refractivity (Wildman–Crippen MR) is 74.8 cm³/mol. The first-order chi connectivity index (χ1) is 9.22. The van der Waals surface area contributed by atoms with E-state index in [4.69, 9.17) is 0 Å². The van der Waals surface area contributed by atoms with Gasteiger partial charge in [0.25, 0.3) is 0 Å². The van der Waals surface area contributed by atoms with Gasteiger partial charge in [-0.2, -0.15) is 0 Å². The standard InChI is InChI=1S/C13H22N2O4S/c1-9(8-20(3,18)19)15-10(2)12(16)14-7-5-4-6-11(14)13(15)17/h9-11H,4-8H2,1-3H3. The molecule has 20 heavy (non-hydrogen) atoms. The van der Waals surface area contributed by atoms with E-state index in [0.717, 1.165) is 19.1 Å². The molecule has 2 rings (SSSR count). The Labute approximate surface area is 120 Å². The molecule has 0 N–H and O–H groups in total. The van der Waals surface area contributed by atoms with Gasteiger partial charge in [0, 0.05) is 18.8 Å². The van der Waals surface area contributed by atoms with Crippen LogP contribution in [0.5, 0.6) is 0 Å². The summed E-state index contributed by atoms with van der Waals surface area (Å²) in [5.41, 5.74) is 0. The topological polar surface area (TPSA) is 74.8 Å². The van der Waals surface area contributed by atoms with Gasteiger partial charge in [-0.15, -0.1) is 0 Å². The Morgan fingerprint density at radius 2 is 1.90 bits per heavy atom. The van der Waals surface area contributed by atoms with Crippen LogP contribution in [-0.2, 0) is 19.4 Å². The Hall–Kier alpha value is -1.11. The number of carbonyl (C=O) groups excluding carboxylic acids is 2. The van der Waals surface area contributed by atoms with Crippen molar-refractivity contribution in [2.24, 2.45) is 0 Å². The lowest BCUT2D eigenvalue weighted by molar-refractivity contribution is -0.164. The number of nitrogens with zero attached hydrogens (tertiary/aromatic N) is 2. The second-order valence-electron chi connectivity index (χ2n) is 5.91. The average Bonchev–Trinajstić information content (AvgIpc) is 2.34. The maximum atomic E-state index is 12.6. The van der Waals surface area contributed by atoms with Gasteiger partial charge in [-0.1, -0.05) is 0 Å². The minimum Gasteiger partial charge on any atom is -0.329 e. The molecule has 2 saturated heterocycles. The van der Waals surface area contributed by atoms with E-state index in [1.54, 1.807) is 18.7 Å². The Kier molecular flexibility index (Phi) is 4.09. The van der Waals surface area contributed by atoms with Gasteiger partial charge in [0.1, 0.15) is 21.9 Å². The van der Waals surface area contributed by atoms with E-state index in [0.29, 0.717) is 13.0 Å². The summed E-state index contributed by atoms with van der Waals surface area (Å²) in [5.74, 6) is -0.272. The molecule has 3 unspecified atom stereocenters. The maximum Gasteiger partial charge on any atom is 0.246 e. The monoisotopic (exact) mass is 302 g/mol. The molecule has 7 heteroatoms. The van der Waals surface area contributed by atoms with Crippen LogP contribution in [-0.4, -0.2) is 66.7 Å². The molecule has 0 spiro atoms. The minimum atomic E-state index is -3.19. The molecular formula is C13H22N2O4S. The van der Waals surface area contributed by atoms with Crippen molar-refractivity contribution in [3.63, 3.8) is 0 Å². The number of piperazine rings is 1. The molecular weight excluding hydrogens is 280 g/mol. The highest BCUT2D eigenvalue weighted by Crippen LogP contribution is 2.27. The highest BCUT2D eigenvalue weighted by Gasteiger charge is 2.46. The minimum absolute atomic E-state index is 0.0605. The predicted octanol–water partition coefficient (Wildman–Crippen LogP) is 0.0313. The first kappa shape index (κ1) is 15.3. The van der Waals surface area contributed by atoms with Gasteiger partial charge in [-0.05, 0) is 33.1 Å². The van der Waals surface area contributed by atoms with Gasteiger partial charge in [0.05, 0.1) is 5.75 Å². The maximum absolute atomic E-state index is 12.6. The third-order valence-corrected chi connectivity index (χ3v) is 5.21. The molecule has 0 aromatic heterocycles. The number of hydrogen-bond donors (Lipinski definition) is 0. The van der Waals surface area contributed by atoms with Crippen molar-refractivity contribution in [2.75, 3.05) is 18.6 Å². The summed E-state index contributed by atoms with van der Waals surface area (Å²) in [7, 11) is -3.19. The van der Waals surface area contributed by atoms with Crippen molar-refractivity contribution in [2.45, 2.75) is 51.2 Å². The van der Waals surface area contributed by atoms with Crippen molar-refractivity contribution < 1.29 is 18.0 Å². The largest absolute Gasteiger partial charge is 0.329 e. The van der Waals surface area contributed by atoms with Gasteiger partial charge >= 0.3 is 0 Å². The lowest BCUT2D eigenvalue weighted by Gasteiger charge is -2.47. The zero-order valence-corrected chi connectivity index (χ0v) is 13.0. The lowest BCUT2D eigenvalue weighted by atomic mass is 9.95. The lowest BCUT2D eigenvalue weighted by Crippen LogP contribution is -2.67. The molecule has 0 aliphatic carbocycles. The van der Waals surface area contributed by atoms with Crippen LogP contribution in [0.3, 0.4) is 0 Å². The van der Waals surface area contributed by atoms with Crippen LogP contribution < -0.4 is 0 Å². The number of rotatable bonds is 3. The summed E-state index contributed by atoms with van der Waals surface area (Å²) in [6, 6.07) is -1.44. The number of piperidine rings is 1. The first-order valence-corrected chi connectivity index (χ1v) is 9.09. The third kappa shape index (κ3) is 2.82. The Balaban J connectivity index is 2.24. The molecule has 2 aliphatic rings. The molecule has 2 aliphatic heterocycles. The third-order valence-electron chi connectivity index (χ3n) is 4.12. The SMILES string of the molecule is CC(CS(C)(=O)=O)N1C(=O)C2CCCCN2C(=O)C1C. The molecule has 114 valence electrons. The Morgan fingerprint density at radius 3 is 2.50 bits per heavy atom. The molecule has 0 saturated carbocycles. The highest BCUT2D eigenvalue weighted by molar-refractivity contribution is 7.90. The van der Waals surface area contributed by atoms with Crippen molar-refractivity contribution in [3.8, 4) is 0 Å². The molecule has 3 atom stereocenters. The van der Waals surface area contributed by atoms with Crippen LogP contribution in [0, 0.1) is 0 Å². The van der Waals surface area contributed by atoms with E-state index in [9.17, 15) is 18.0 Å². The molecule has 0 bridgehead atoms. The number of carbonyl (C=O) groups is 2. The van der Waals surface area contributed by atoms with Gasteiger partial charge in [0.15, 0.2) is 0 Å². The zero-order chi connectivity index (χ0) is 15.1. The molecule has 2 fully saturated rings. The van der Waals surface area contributed by atoms with Gasteiger partial charge in [0.2, 0.25) is 11.8 Å². The summed E-state index contributed by atoms with van der Waals surface area (Å²) < 4.78 is 22.9. The summed E-state index contributed by atoms with van der Waals surface area (Å²) >= 11 is 0. The van der Waals surface area contributed by atoms with E-state index in [1.165, 1.54) is 4.90 Å². The molecule has 2 amide bonds. The van der Waals surface area contributed by atoms with Crippen molar-refractivity contribution in [3.05, 3.63) is 0 Å². The first-order valence-electron chi connectivity index (χ1n) is 7.03. The van der Waals surface area contributed by atoms with Crippen LogP contribution in [0.4, 0.5) is 0 Å². The highest BCUT2D eigenvalue weighted by atomic mass is 32.2. The van der Waals surface area contributed by atoms with Crippen molar-refractivity contribution in [1.82, 2.24) is 9.80 Å². The Morgan fingerprint density at radius 1 is 1.25 bits per heavy atom. The number of amides is 2. The smallest absolute Gasteiger partial charge is 0.246 e. The quantitative estimate of drug-likeness (QED) is 0.737. The second-order valence-corrected chi connectivity index (χ2v) is 8.09. The summed E-state index contributed by atoms with van der Waals surface area (Å²) in [6.45, 7) is 4.01. The summed E-state index contributed by atoms with van der Waals surface area (Å²) in [4.78, 5) is 28.1. The van der Waals surface area contributed by atoms with E-state index >= 15 is 0 Å². The van der Waals surface area contributed by atoms with Crippen LogP contribution in [0.1, 0.15) is 33.1 Å². The molecule has 0 aromatic carbocycles. The van der Waals surface area contributed by atoms with E-state index in [1.807, 2.05) is 0 Å². The number of sulfone groups is 1. The number of hydrogen-bond acceptors (Lipinski definition) is 4. The average molecular weight is 302 g/mol. The van der Waals surface area contributed by atoms with Gasteiger partial charge in [-0.3, -0.25) is 9.59 Å². The van der Waals surface area contributed by atoms with E-state index < -0.39 is 28.0 Å². The van der Waals surface area contributed by atoms with Crippen LogP contribution in [0.2, 0.25) is 0 Å². The fourth-order valence-corrected chi connectivity index (χ4v) is 4.33. The Bertz CT molecular complexity index is 516. The fourth-order valence-electron chi connectivity index (χ4n) is 3.29. The molecule has 0 radical (unpaired) electrons. The molecule has 0 aromatic rings.